The number of anilines is 4. The molecule has 2 unspecified atom stereocenters. The number of carbonyl (C=O) groups excluding carboxylic acids is 6. The van der Waals surface area contributed by atoms with E-state index >= 15 is 28.8 Å². The first-order valence-corrected chi connectivity index (χ1v) is 48.0. The molecule has 11 aromatic rings. The van der Waals surface area contributed by atoms with Gasteiger partial charge in [0.2, 0.25) is 11.8 Å². The Labute approximate surface area is 749 Å². The van der Waals surface area contributed by atoms with Gasteiger partial charge in [0.1, 0.15) is 58.1 Å². The van der Waals surface area contributed by atoms with Gasteiger partial charge < -0.3 is 53.5 Å². The Bertz CT molecular complexity index is 5120. The monoisotopic (exact) mass is 1840 g/mol. The van der Waals surface area contributed by atoms with Gasteiger partial charge in [-0.2, -0.15) is 0 Å². The third-order valence-corrected chi connectivity index (χ3v) is 32.5. The van der Waals surface area contributed by atoms with Gasteiger partial charge in [0.05, 0.1) is 125 Å². The topological polar surface area (TPSA) is 305 Å². The number of halogens is 2. The van der Waals surface area contributed by atoms with E-state index < -0.39 is 101 Å². The van der Waals surface area contributed by atoms with Crippen LogP contribution in [0.2, 0.25) is 16.1 Å². The smallest absolute Gasteiger partial charge is 0.457 e. The first-order valence-electron chi connectivity index (χ1n) is 40.6. The van der Waals surface area contributed by atoms with E-state index in [4.69, 9.17) is 93.1 Å². The summed E-state index contributed by atoms with van der Waals surface area (Å²) in [6, 6.07) is 45.5. The second-order valence-electron chi connectivity index (χ2n) is 30.2. The maximum Gasteiger partial charge on any atom is 0.501 e. The standard InChI is InChI=1S/C92H104Cl2N6O22S3Si/c1-55(2)85(87(101)97-63-29-25-59(93)26-30-63)99-89(103)69-51-73(119-65-37-21-57(22-38-65)19-17-47-123(107-5,108-6)109-7)79-81-75(121-67-41-33-61(34-42-67)95-45-49-125(113-11,114-12)115-13)53-71-78-72(92(106)100(91(71)105)86(56(3)4)88(102)98-64-31-27-60(94)28-32-64)54-76(122-68-43-35-62(36-44-68)96-46-50-126(116-14,117-15)118-16)82(84(78)81)80-74(52-70(90(99)104)77(69)83(79)80)120-66-39-23-58(24-40-66)20-18-48-124(110-8,111-9)112-10/h21-44,51-56,85-86,95-96H,17-20,45-50H2,1-16H3,(H,97,101)(H,98,102). The van der Waals surface area contributed by atoms with E-state index in [1.54, 1.807) is 231 Å². The third kappa shape index (κ3) is 19.4. The van der Waals surface area contributed by atoms with Crippen LogP contribution in [0.5, 0.6) is 46.0 Å². The molecule has 0 saturated carbocycles. The molecular formula is C92H104Cl2N6O22S3Si. The molecule has 0 radical (unpaired) electrons. The summed E-state index contributed by atoms with van der Waals surface area (Å²) in [5, 5.41) is 14.9. The minimum absolute atomic E-state index is 0.00110. The van der Waals surface area contributed by atoms with Crippen LogP contribution in [0.1, 0.15) is 93.1 Å². The predicted octanol–water partition coefficient (Wildman–Crippen LogP) is 20.8. The van der Waals surface area contributed by atoms with Gasteiger partial charge in [-0.15, -0.1) is 0 Å². The molecule has 126 heavy (non-hydrogen) atoms. The number of aryl methyl sites for hydroxylation is 2. The van der Waals surface area contributed by atoms with Crippen LogP contribution >= 0.6 is 55.8 Å². The molecule has 0 saturated heterocycles. The van der Waals surface area contributed by atoms with Gasteiger partial charge in [0.25, 0.3) is 23.6 Å². The first-order chi connectivity index (χ1) is 60.7. The van der Waals surface area contributed by atoms with Crippen LogP contribution in [0.3, 0.4) is 0 Å². The molecule has 0 fully saturated rings. The van der Waals surface area contributed by atoms with Crippen LogP contribution in [0.4, 0.5) is 22.7 Å². The number of imide groups is 2. The molecule has 2 atom stereocenters. The van der Waals surface area contributed by atoms with Crippen molar-refractivity contribution >= 4 is 166 Å². The SMILES string of the molecule is CO[Si](CCNc1ccc(Oc2cc3c4c(cc(Oc5ccc(NCCS(OC)(OC)OC)cc5)c5c6c(Oc7ccc(CCCS(OC)(OC)OC)cc7)cc7c8c(cc(Oc9ccc(CCCS(OC)(OC)OC)cc9)c(c2c45)c86)C(=O)N(C(C(=O)Nc2ccc(Cl)cc2)C(C)C)C7=O)C(=O)N(C(C(=O)Nc2ccc(Cl)cc2)C(C)C)C3=O)cc1)(OC)OC. The Balaban J connectivity index is 1.13. The zero-order valence-electron chi connectivity index (χ0n) is 72.9. The summed E-state index contributed by atoms with van der Waals surface area (Å²) in [5.41, 5.74) is 3.58. The number of carbonyl (C=O) groups is 6. The van der Waals surface area contributed by atoms with Gasteiger partial charge >= 0.3 is 8.80 Å². The van der Waals surface area contributed by atoms with E-state index in [9.17, 15) is 0 Å². The van der Waals surface area contributed by atoms with E-state index in [-0.39, 0.29) is 111 Å². The number of nitrogens with one attached hydrogen (secondary N) is 4. The molecule has 2 aliphatic rings. The Morgan fingerprint density at radius 1 is 0.349 bits per heavy atom. The summed E-state index contributed by atoms with van der Waals surface area (Å²) >= 11 is 12.7. The van der Waals surface area contributed by atoms with Crippen LogP contribution in [-0.4, -0.2) is 182 Å². The zero-order chi connectivity index (χ0) is 90.1. The van der Waals surface area contributed by atoms with E-state index in [0.29, 0.717) is 94.9 Å². The van der Waals surface area contributed by atoms with Crippen molar-refractivity contribution in [3.05, 3.63) is 213 Å². The number of benzene rings is 11. The molecule has 28 nitrogen and oxygen atoms in total. The number of ether oxygens (including phenoxy) is 4. The van der Waals surface area contributed by atoms with E-state index in [0.717, 1.165) is 20.9 Å². The van der Waals surface area contributed by atoms with E-state index in [1.165, 1.54) is 27.4 Å². The van der Waals surface area contributed by atoms with Gasteiger partial charge in [-0.05, 0) is 194 Å². The van der Waals surface area contributed by atoms with Crippen molar-refractivity contribution in [2.45, 2.75) is 71.5 Å². The van der Waals surface area contributed by atoms with Crippen molar-refractivity contribution in [3.8, 4) is 46.0 Å². The van der Waals surface area contributed by atoms with Crippen molar-refractivity contribution in [1.82, 2.24) is 9.80 Å². The van der Waals surface area contributed by atoms with Gasteiger partial charge in [0.15, 0.2) is 0 Å². The molecule has 0 bridgehead atoms. The summed E-state index contributed by atoms with van der Waals surface area (Å²) in [7, 11) is 8.48. The fourth-order valence-electron chi connectivity index (χ4n) is 16.0. The lowest BCUT2D eigenvalue weighted by atomic mass is 9.80. The Morgan fingerprint density at radius 3 is 0.897 bits per heavy atom. The molecule has 2 heterocycles. The fourth-order valence-corrected chi connectivity index (χ4v) is 21.9. The predicted molar refractivity (Wildman–Crippen MR) is 498 cm³/mol. The maximum atomic E-state index is 16.7. The summed E-state index contributed by atoms with van der Waals surface area (Å²) < 4.78 is 98.2. The second-order valence-corrected chi connectivity index (χ2v) is 41.7. The number of hydrogen-bond acceptors (Lipinski definition) is 24. The van der Waals surface area contributed by atoms with Crippen molar-refractivity contribution in [2.75, 3.05) is 137 Å². The molecule has 4 N–H and O–H groups in total. The minimum Gasteiger partial charge on any atom is -0.457 e. The summed E-state index contributed by atoms with van der Waals surface area (Å²) in [5.74, 6) is -3.95. The Kier molecular flexibility index (Phi) is 30.2. The lowest BCUT2D eigenvalue weighted by Gasteiger charge is -2.37. The average molecular weight is 1840 g/mol. The van der Waals surface area contributed by atoms with Gasteiger partial charge in [-0.1, -0.05) is 75.2 Å². The highest BCUT2D eigenvalue weighted by Crippen LogP contribution is 2.59. The number of amides is 6. The van der Waals surface area contributed by atoms with Crippen molar-refractivity contribution < 1.29 is 98.6 Å². The summed E-state index contributed by atoms with van der Waals surface area (Å²) in [4.78, 5) is 99.1. The molecule has 6 amide bonds. The molecule has 0 spiro atoms. The van der Waals surface area contributed by atoms with Crippen LogP contribution in [0.25, 0.3) is 43.1 Å². The molecule has 13 rings (SSSR count). The fraction of sp³-hybridized carbons (Fsp3) is 0.326. The van der Waals surface area contributed by atoms with Gasteiger partial charge in [-0.3, -0.25) is 76.2 Å². The molecule has 11 aromatic carbocycles. The normalized spacial score (nSPS) is 14.1. The van der Waals surface area contributed by atoms with E-state index in [1.807, 2.05) is 24.3 Å². The van der Waals surface area contributed by atoms with Crippen LogP contribution in [0.15, 0.2) is 170 Å². The van der Waals surface area contributed by atoms with Crippen LogP contribution < -0.4 is 40.2 Å². The molecule has 0 aliphatic carbocycles. The highest BCUT2D eigenvalue weighted by molar-refractivity contribution is 8.22. The van der Waals surface area contributed by atoms with Crippen molar-refractivity contribution in [3.63, 3.8) is 0 Å². The zero-order valence-corrected chi connectivity index (χ0v) is 77.9. The number of rotatable bonds is 44. The van der Waals surface area contributed by atoms with Crippen LogP contribution in [-0.2, 0) is 73.4 Å². The Morgan fingerprint density at radius 2 is 0.619 bits per heavy atom. The lowest BCUT2D eigenvalue weighted by molar-refractivity contribution is -0.121. The molecule has 34 heteroatoms. The molecule has 0 aromatic heterocycles. The highest BCUT2D eigenvalue weighted by atomic mass is 35.5. The number of nitrogens with zero attached hydrogens (tertiary/aromatic N) is 2. The van der Waals surface area contributed by atoms with Crippen molar-refractivity contribution in [1.29, 1.82) is 0 Å². The maximum absolute atomic E-state index is 16.7. The lowest BCUT2D eigenvalue weighted by Crippen LogP contribution is -2.54. The minimum atomic E-state index is -3.03. The molecule has 670 valence electrons. The summed E-state index contributed by atoms with van der Waals surface area (Å²) in [6.45, 7) is 7.70. The second kappa shape index (κ2) is 40.6. The highest BCUT2D eigenvalue weighted by Gasteiger charge is 2.48. The van der Waals surface area contributed by atoms with Gasteiger partial charge in [0, 0.05) is 128 Å². The number of hydrogen-bond donors (Lipinski definition) is 4. The van der Waals surface area contributed by atoms with Crippen LogP contribution in [0, 0.1) is 11.8 Å². The van der Waals surface area contributed by atoms with Crippen molar-refractivity contribution in [2.24, 2.45) is 11.8 Å². The molecular weight excluding hydrogens is 1740 g/mol. The Hall–Kier alpha value is -9.89. The third-order valence-electron chi connectivity index (χ3n) is 22.4. The molecule has 2 aliphatic heterocycles. The van der Waals surface area contributed by atoms with Gasteiger partial charge in [-0.25, -0.2) is 0 Å². The number of fused-ring (bicyclic) bond motifs is 2. The first kappa shape index (κ1) is 93.7. The quantitative estimate of drug-likeness (QED) is 0.0119. The summed E-state index contributed by atoms with van der Waals surface area (Å²) in [6.07, 6.45) is 2.35. The van der Waals surface area contributed by atoms with E-state index in [2.05, 4.69) is 21.3 Å². The largest absolute Gasteiger partial charge is 0.501 e. The average Bonchev–Trinajstić information content (AvgIpc) is 0.669.